The van der Waals surface area contributed by atoms with E-state index >= 15 is 0 Å². The molecule has 1 aromatic carbocycles. The zero-order valence-electron chi connectivity index (χ0n) is 13.5. The number of allylic oxidation sites excluding steroid dienone is 3. The first-order valence-corrected chi connectivity index (χ1v) is 7.79. The lowest BCUT2D eigenvalue weighted by Crippen LogP contribution is -2.17. The van der Waals surface area contributed by atoms with Crippen molar-refractivity contribution < 1.29 is 25.0 Å². The number of phenolic OH excluding ortho intramolecular Hbond substituents is 2. The fourth-order valence-electron chi connectivity index (χ4n) is 2.47. The van der Waals surface area contributed by atoms with Crippen molar-refractivity contribution in [3.8, 4) is 11.5 Å². The van der Waals surface area contributed by atoms with Crippen LogP contribution < -0.4 is 0 Å². The molecule has 3 N–H and O–H groups in total. The van der Waals surface area contributed by atoms with Gasteiger partial charge >= 0.3 is 5.97 Å². The SMILES string of the molecule is CC1C/C=C/CC/C=C/C(=NO)Cc2cc(O)cc(O)c2C(=O)O1. The monoisotopic (exact) mass is 331 g/mol. The number of fused-ring (bicyclic) bond motifs is 1. The second-order valence-electron chi connectivity index (χ2n) is 5.67. The molecule has 0 fully saturated rings. The minimum atomic E-state index is -0.679. The number of carbonyl (C=O) groups excluding carboxylic acids is 1. The van der Waals surface area contributed by atoms with Gasteiger partial charge in [0.05, 0.1) is 5.71 Å². The largest absolute Gasteiger partial charge is 0.508 e. The molecule has 24 heavy (non-hydrogen) atoms. The van der Waals surface area contributed by atoms with Crippen molar-refractivity contribution in [2.24, 2.45) is 5.16 Å². The molecule has 0 aliphatic carbocycles. The van der Waals surface area contributed by atoms with Crippen LogP contribution in [0.5, 0.6) is 11.5 Å². The Morgan fingerprint density at radius 2 is 1.92 bits per heavy atom. The maximum atomic E-state index is 12.4. The molecular formula is C18H21NO5. The summed E-state index contributed by atoms with van der Waals surface area (Å²) in [5.74, 6) is -1.23. The van der Waals surface area contributed by atoms with E-state index in [4.69, 9.17) is 9.94 Å². The molecule has 0 bridgehead atoms. The van der Waals surface area contributed by atoms with E-state index in [1.807, 2.05) is 18.2 Å². The highest BCUT2D eigenvalue weighted by Gasteiger charge is 2.22. The third kappa shape index (κ3) is 4.62. The van der Waals surface area contributed by atoms with E-state index in [9.17, 15) is 15.0 Å². The fourth-order valence-corrected chi connectivity index (χ4v) is 2.47. The summed E-state index contributed by atoms with van der Waals surface area (Å²) in [5, 5.41) is 32.1. The smallest absolute Gasteiger partial charge is 0.342 e. The average Bonchev–Trinajstić information content (AvgIpc) is 2.51. The molecule has 0 amide bonds. The molecule has 1 unspecified atom stereocenters. The number of rotatable bonds is 0. The van der Waals surface area contributed by atoms with Crippen molar-refractivity contribution in [1.82, 2.24) is 0 Å². The molecule has 1 heterocycles. The van der Waals surface area contributed by atoms with Crippen molar-refractivity contribution >= 4 is 11.7 Å². The van der Waals surface area contributed by atoms with Crippen LogP contribution in [0.1, 0.15) is 42.1 Å². The minimum Gasteiger partial charge on any atom is -0.508 e. The first kappa shape index (κ1) is 17.6. The molecule has 128 valence electrons. The second-order valence-corrected chi connectivity index (χ2v) is 5.67. The fraction of sp³-hybridized carbons (Fsp3) is 0.333. The van der Waals surface area contributed by atoms with Crippen molar-refractivity contribution in [3.63, 3.8) is 0 Å². The number of hydrogen-bond donors (Lipinski definition) is 3. The van der Waals surface area contributed by atoms with Gasteiger partial charge in [0, 0.05) is 18.9 Å². The molecule has 0 aromatic heterocycles. The Labute approximate surface area is 140 Å². The molecule has 2 rings (SSSR count). The van der Waals surface area contributed by atoms with Gasteiger partial charge < -0.3 is 20.2 Å². The number of aromatic hydroxyl groups is 2. The predicted octanol–water partition coefficient (Wildman–Crippen LogP) is 3.31. The van der Waals surface area contributed by atoms with Crippen LogP contribution in [-0.4, -0.2) is 33.2 Å². The van der Waals surface area contributed by atoms with Gasteiger partial charge in [0.15, 0.2) is 0 Å². The number of phenols is 2. The summed E-state index contributed by atoms with van der Waals surface area (Å²) in [6.07, 6.45) is 9.37. The summed E-state index contributed by atoms with van der Waals surface area (Å²) < 4.78 is 5.36. The average molecular weight is 331 g/mol. The van der Waals surface area contributed by atoms with Gasteiger partial charge in [-0.2, -0.15) is 0 Å². The van der Waals surface area contributed by atoms with Gasteiger partial charge in [-0.05, 0) is 37.5 Å². The number of benzene rings is 1. The molecular weight excluding hydrogens is 310 g/mol. The summed E-state index contributed by atoms with van der Waals surface area (Å²) >= 11 is 0. The number of oxime groups is 1. The van der Waals surface area contributed by atoms with E-state index in [-0.39, 0.29) is 29.6 Å². The lowest BCUT2D eigenvalue weighted by molar-refractivity contribution is 0.0343. The lowest BCUT2D eigenvalue weighted by Gasteiger charge is -2.15. The van der Waals surface area contributed by atoms with Crippen molar-refractivity contribution in [2.75, 3.05) is 0 Å². The van der Waals surface area contributed by atoms with Gasteiger partial charge in [0.1, 0.15) is 23.2 Å². The Morgan fingerprint density at radius 3 is 2.67 bits per heavy atom. The molecule has 1 aliphatic heterocycles. The standard InChI is InChI=1S/C18H21NO5/c1-12-7-5-3-2-4-6-8-14(19-23)9-13-10-15(20)11-16(21)17(13)18(22)24-12/h3,5-6,8,10-12,20-21,23H,2,4,7,9H2,1H3/b5-3+,8-6+,19-14?. The highest BCUT2D eigenvalue weighted by Crippen LogP contribution is 2.29. The Kier molecular flexibility index (Phi) is 6.01. The highest BCUT2D eigenvalue weighted by atomic mass is 16.5. The van der Waals surface area contributed by atoms with Crippen molar-refractivity contribution in [3.05, 3.63) is 47.6 Å². The maximum absolute atomic E-state index is 12.4. The van der Waals surface area contributed by atoms with Gasteiger partial charge in [-0.3, -0.25) is 0 Å². The van der Waals surface area contributed by atoms with E-state index in [1.54, 1.807) is 13.0 Å². The van der Waals surface area contributed by atoms with Crippen LogP contribution in [-0.2, 0) is 11.2 Å². The van der Waals surface area contributed by atoms with Gasteiger partial charge in [0.25, 0.3) is 0 Å². The number of ether oxygens (including phenoxy) is 1. The molecule has 1 aromatic rings. The Hall–Kier alpha value is -2.76. The van der Waals surface area contributed by atoms with E-state index in [1.165, 1.54) is 6.07 Å². The van der Waals surface area contributed by atoms with Crippen LogP contribution in [0.4, 0.5) is 0 Å². The molecule has 0 spiro atoms. The molecule has 6 heteroatoms. The molecule has 0 radical (unpaired) electrons. The number of hydrogen-bond acceptors (Lipinski definition) is 6. The Bertz CT molecular complexity index is 691. The van der Waals surface area contributed by atoms with Crippen molar-refractivity contribution in [1.29, 1.82) is 0 Å². The zero-order chi connectivity index (χ0) is 17.5. The molecule has 1 atom stereocenters. The van der Waals surface area contributed by atoms with Crippen molar-refractivity contribution in [2.45, 2.75) is 38.7 Å². The highest BCUT2D eigenvalue weighted by molar-refractivity contribution is 6.00. The van der Waals surface area contributed by atoms with Gasteiger partial charge in [0.2, 0.25) is 0 Å². The van der Waals surface area contributed by atoms with Crippen LogP contribution in [0.15, 0.2) is 41.6 Å². The van der Waals surface area contributed by atoms with Crippen LogP contribution in [0.3, 0.4) is 0 Å². The van der Waals surface area contributed by atoms with Gasteiger partial charge in [-0.25, -0.2) is 4.79 Å². The topological polar surface area (TPSA) is 99.4 Å². The van der Waals surface area contributed by atoms with Crippen LogP contribution in [0, 0.1) is 0 Å². The van der Waals surface area contributed by atoms with Gasteiger partial charge in [-0.1, -0.05) is 23.4 Å². The Balaban J connectivity index is 2.45. The summed E-state index contributed by atoms with van der Waals surface area (Å²) in [5.41, 5.74) is 0.605. The molecule has 0 saturated carbocycles. The number of cyclic esters (lactones) is 1. The summed E-state index contributed by atoms with van der Waals surface area (Å²) in [7, 11) is 0. The number of nitrogens with zero attached hydrogens (tertiary/aromatic N) is 1. The van der Waals surface area contributed by atoms with E-state index in [0.29, 0.717) is 17.7 Å². The summed E-state index contributed by atoms with van der Waals surface area (Å²) in [4.78, 5) is 12.4. The first-order valence-electron chi connectivity index (χ1n) is 7.79. The second kappa shape index (κ2) is 8.19. The van der Waals surface area contributed by atoms with Crippen LogP contribution in [0.25, 0.3) is 0 Å². The third-order valence-corrected chi connectivity index (χ3v) is 3.64. The van der Waals surface area contributed by atoms with E-state index in [2.05, 4.69) is 5.16 Å². The quantitative estimate of drug-likeness (QED) is 0.293. The first-order chi connectivity index (χ1) is 11.5. The lowest BCUT2D eigenvalue weighted by atomic mass is 9.99. The maximum Gasteiger partial charge on any atom is 0.342 e. The van der Waals surface area contributed by atoms with Crippen LogP contribution in [0.2, 0.25) is 0 Å². The number of esters is 1. The normalized spacial score (nSPS) is 23.8. The third-order valence-electron chi connectivity index (χ3n) is 3.64. The van der Waals surface area contributed by atoms with Crippen LogP contribution >= 0.6 is 0 Å². The zero-order valence-corrected chi connectivity index (χ0v) is 13.5. The van der Waals surface area contributed by atoms with Gasteiger partial charge in [-0.15, -0.1) is 0 Å². The minimum absolute atomic E-state index is 0.0322. The number of carbonyl (C=O) groups is 1. The summed E-state index contributed by atoms with van der Waals surface area (Å²) in [6.45, 7) is 1.77. The Morgan fingerprint density at radius 1 is 1.17 bits per heavy atom. The molecule has 1 aliphatic rings. The summed E-state index contributed by atoms with van der Waals surface area (Å²) in [6, 6.07) is 2.44. The predicted molar refractivity (Wildman–Crippen MR) is 89.7 cm³/mol. The van der Waals surface area contributed by atoms with E-state index < -0.39 is 5.97 Å². The van der Waals surface area contributed by atoms with E-state index in [0.717, 1.165) is 18.9 Å². The molecule has 6 nitrogen and oxygen atoms in total. The molecule has 0 saturated heterocycles.